The van der Waals surface area contributed by atoms with Gasteiger partial charge in [-0.3, -0.25) is 5.43 Å². The molecule has 1 aromatic heterocycles. The zero-order valence-corrected chi connectivity index (χ0v) is 13.5. The van der Waals surface area contributed by atoms with Crippen LogP contribution in [0.25, 0.3) is 10.2 Å². The van der Waals surface area contributed by atoms with E-state index in [9.17, 15) is 4.79 Å². The molecular weight excluding hydrogens is 326 g/mol. The Morgan fingerprint density at radius 2 is 1.92 bits per heavy atom. The standard InChI is InChI=1S/C16H13N5O2S/c1-10(18-20-12-8-6-11(7-9-12)15(22)23)19-21-16-17-13-4-2-3-5-14(13)24-16/h2-9,20H,1H3,(H,22,23)/b18-10+,21-19?. The number of hydrazone groups is 1. The number of rotatable bonds is 4. The number of benzene rings is 2. The minimum absolute atomic E-state index is 0.219. The van der Waals surface area contributed by atoms with Crippen LogP contribution in [0.3, 0.4) is 0 Å². The average Bonchev–Trinajstić information content (AvgIpc) is 3.01. The maximum absolute atomic E-state index is 10.8. The van der Waals surface area contributed by atoms with Gasteiger partial charge in [-0.25, -0.2) is 9.78 Å². The largest absolute Gasteiger partial charge is 0.478 e. The third-order valence-electron chi connectivity index (χ3n) is 3.04. The van der Waals surface area contributed by atoms with Crippen molar-refractivity contribution in [2.45, 2.75) is 6.92 Å². The Morgan fingerprint density at radius 3 is 2.62 bits per heavy atom. The van der Waals surface area contributed by atoms with E-state index in [0.717, 1.165) is 10.2 Å². The van der Waals surface area contributed by atoms with E-state index in [4.69, 9.17) is 5.11 Å². The SMILES string of the molecule is C/C(N=Nc1nc2ccccc2s1)=N\Nc1ccc(C(=O)O)cc1. The van der Waals surface area contributed by atoms with Gasteiger partial charge in [0.05, 0.1) is 21.5 Å². The maximum Gasteiger partial charge on any atom is 0.335 e. The van der Waals surface area contributed by atoms with Crippen LogP contribution in [0.1, 0.15) is 17.3 Å². The van der Waals surface area contributed by atoms with E-state index in [1.165, 1.54) is 23.5 Å². The molecule has 1 heterocycles. The van der Waals surface area contributed by atoms with Gasteiger partial charge >= 0.3 is 5.97 Å². The molecule has 0 saturated carbocycles. The summed E-state index contributed by atoms with van der Waals surface area (Å²) in [7, 11) is 0. The predicted molar refractivity (Wildman–Crippen MR) is 94.3 cm³/mol. The second-order valence-electron chi connectivity index (χ2n) is 4.82. The summed E-state index contributed by atoms with van der Waals surface area (Å²) in [5.41, 5.74) is 4.57. The molecule has 0 aliphatic rings. The van der Waals surface area contributed by atoms with Crippen molar-refractivity contribution in [3.8, 4) is 0 Å². The molecule has 0 bridgehead atoms. The van der Waals surface area contributed by atoms with Crippen LogP contribution in [-0.4, -0.2) is 21.9 Å². The molecule has 0 aliphatic carbocycles. The lowest BCUT2D eigenvalue weighted by Gasteiger charge is -2.00. The van der Waals surface area contributed by atoms with Gasteiger partial charge in [-0.1, -0.05) is 23.5 Å². The average molecular weight is 339 g/mol. The summed E-state index contributed by atoms with van der Waals surface area (Å²) < 4.78 is 1.05. The minimum atomic E-state index is -0.967. The van der Waals surface area contributed by atoms with Gasteiger partial charge in [-0.05, 0) is 43.3 Å². The molecule has 0 amide bonds. The van der Waals surface area contributed by atoms with Gasteiger partial charge in [0, 0.05) is 0 Å². The number of aromatic nitrogens is 1. The third kappa shape index (κ3) is 3.79. The number of aromatic carboxylic acids is 1. The summed E-state index contributed by atoms with van der Waals surface area (Å²) in [5.74, 6) is -0.539. The molecule has 0 radical (unpaired) electrons. The van der Waals surface area contributed by atoms with Crippen LogP contribution in [0.2, 0.25) is 0 Å². The van der Waals surface area contributed by atoms with E-state index in [0.29, 0.717) is 16.7 Å². The zero-order chi connectivity index (χ0) is 16.9. The van der Waals surface area contributed by atoms with Crippen molar-refractivity contribution in [3.63, 3.8) is 0 Å². The smallest absolute Gasteiger partial charge is 0.335 e. The van der Waals surface area contributed by atoms with Gasteiger partial charge in [0.15, 0.2) is 5.84 Å². The molecule has 3 aromatic rings. The summed E-state index contributed by atoms with van der Waals surface area (Å²) in [6, 6.07) is 14.0. The fourth-order valence-corrected chi connectivity index (χ4v) is 2.66. The monoisotopic (exact) mass is 339 g/mol. The first kappa shape index (κ1) is 15.8. The van der Waals surface area contributed by atoms with Crippen molar-refractivity contribution < 1.29 is 9.90 Å². The molecule has 0 saturated heterocycles. The van der Waals surface area contributed by atoms with Crippen molar-refractivity contribution in [2.24, 2.45) is 15.3 Å². The van der Waals surface area contributed by atoms with Gasteiger partial charge in [-0.2, -0.15) is 5.10 Å². The predicted octanol–water partition coefficient (Wildman–Crippen LogP) is 4.52. The lowest BCUT2D eigenvalue weighted by Crippen LogP contribution is -1.97. The Hall–Kier alpha value is -3.13. The summed E-state index contributed by atoms with van der Waals surface area (Å²) >= 11 is 1.46. The molecular formula is C16H13N5O2S. The molecule has 0 atom stereocenters. The van der Waals surface area contributed by atoms with E-state index in [-0.39, 0.29) is 5.56 Å². The highest BCUT2D eigenvalue weighted by Crippen LogP contribution is 2.27. The van der Waals surface area contributed by atoms with Crippen LogP contribution in [-0.2, 0) is 0 Å². The number of carboxylic acids is 1. The first-order chi connectivity index (χ1) is 11.6. The van der Waals surface area contributed by atoms with E-state index in [1.54, 1.807) is 19.1 Å². The summed E-state index contributed by atoms with van der Waals surface area (Å²) in [6.45, 7) is 1.70. The number of hydrogen-bond acceptors (Lipinski definition) is 6. The summed E-state index contributed by atoms with van der Waals surface area (Å²) in [4.78, 5) is 15.1. The van der Waals surface area contributed by atoms with Crippen LogP contribution < -0.4 is 5.43 Å². The van der Waals surface area contributed by atoms with Crippen molar-refractivity contribution >= 4 is 44.2 Å². The number of anilines is 1. The van der Waals surface area contributed by atoms with Gasteiger partial charge in [0.2, 0.25) is 5.13 Å². The molecule has 3 rings (SSSR count). The van der Waals surface area contributed by atoms with Crippen molar-refractivity contribution in [1.29, 1.82) is 0 Å². The highest BCUT2D eigenvalue weighted by Gasteiger charge is 2.02. The number of hydrogen-bond donors (Lipinski definition) is 2. The van der Waals surface area contributed by atoms with Crippen molar-refractivity contribution in [1.82, 2.24) is 4.98 Å². The van der Waals surface area contributed by atoms with Gasteiger partial charge in [0.25, 0.3) is 0 Å². The summed E-state index contributed by atoms with van der Waals surface area (Å²) in [6.07, 6.45) is 0. The first-order valence-electron chi connectivity index (χ1n) is 7.03. The number of carbonyl (C=O) groups is 1. The van der Waals surface area contributed by atoms with E-state index in [1.807, 2.05) is 24.3 Å². The maximum atomic E-state index is 10.8. The Morgan fingerprint density at radius 1 is 1.17 bits per heavy atom. The Kier molecular flexibility index (Phi) is 4.57. The van der Waals surface area contributed by atoms with Crippen LogP contribution in [0.4, 0.5) is 10.8 Å². The van der Waals surface area contributed by atoms with Gasteiger partial charge < -0.3 is 5.11 Å². The molecule has 2 aromatic carbocycles. The lowest BCUT2D eigenvalue weighted by molar-refractivity contribution is 0.0697. The number of azo groups is 1. The first-order valence-corrected chi connectivity index (χ1v) is 7.84. The Balaban J connectivity index is 1.66. The van der Waals surface area contributed by atoms with Crippen molar-refractivity contribution in [3.05, 3.63) is 54.1 Å². The fourth-order valence-electron chi connectivity index (χ4n) is 1.87. The number of nitrogens with one attached hydrogen (secondary N) is 1. The highest BCUT2D eigenvalue weighted by atomic mass is 32.1. The fraction of sp³-hybridized carbons (Fsp3) is 0.0625. The second kappa shape index (κ2) is 6.97. The van der Waals surface area contributed by atoms with Crippen LogP contribution in [0.15, 0.2) is 63.9 Å². The van der Waals surface area contributed by atoms with Crippen LogP contribution >= 0.6 is 11.3 Å². The number of amidine groups is 1. The number of fused-ring (bicyclic) bond motifs is 1. The normalized spacial score (nSPS) is 12.0. The Labute approximate surface area is 141 Å². The van der Waals surface area contributed by atoms with Gasteiger partial charge in [-0.15, -0.1) is 10.2 Å². The van der Waals surface area contributed by atoms with Crippen LogP contribution in [0.5, 0.6) is 0 Å². The highest BCUT2D eigenvalue weighted by molar-refractivity contribution is 7.21. The zero-order valence-electron chi connectivity index (χ0n) is 12.7. The third-order valence-corrected chi connectivity index (χ3v) is 3.96. The molecule has 0 spiro atoms. The molecule has 2 N–H and O–H groups in total. The van der Waals surface area contributed by atoms with Crippen molar-refractivity contribution in [2.75, 3.05) is 5.43 Å². The molecule has 7 nitrogen and oxygen atoms in total. The quantitative estimate of drug-likeness (QED) is 0.316. The topological polar surface area (TPSA) is 99.3 Å². The number of nitrogens with zero attached hydrogens (tertiary/aromatic N) is 4. The summed E-state index contributed by atoms with van der Waals surface area (Å²) in [5, 5.41) is 21.6. The molecule has 0 fully saturated rings. The second-order valence-corrected chi connectivity index (χ2v) is 5.83. The number of thiazole rings is 1. The Bertz CT molecular complexity index is 898. The van der Waals surface area contributed by atoms with E-state index < -0.39 is 5.97 Å². The molecule has 8 heteroatoms. The number of carboxylic acid groups (broad SMARTS) is 1. The van der Waals surface area contributed by atoms with E-state index in [2.05, 4.69) is 25.7 Å². The lowest BCUT2D eigenvalue weighted by atomic mass is 10.2. The number of para-hydroxylation sites is 1. The van der Waals surface area contributed by atoms with Gasteiger partial charge in [0.1, 0.15) is 0 Å². The minimum Gasteiger partial charge on any atom is -0.478 e. The van der Waals surface area contributed by atoms with Crippen LogP contribution in [0, 0.1) is 0 Å². The molecule has 24 heavy (non-hydrogen) atoms. The molecule has 0 unspecified atom stereocenters. The van der Waals surface area contributed by atoms with E-state index >= 15 is 0 Å². The molecule has 0 aliphatic heterocycles. The molecule has 120 valence electrons.